The molecule has 22 heavy (non-hydrogen) atoms. The molecule has 1 aliphatic carbocycles. The lowest BCUT2D eigenvalue weighted by Gasteiger charge is -2.22. The average Bonchev–Trinajstić information content (AvgIpc) is 2.99. The van der Waals surface area contributed by atoms with Crippen LogP contribution in [0.2, 0.25) is 0 Å². The third kappa shape index (κ3) is 4.31. The summed E-state index contributed by atoms with van der Waals surface area (Å²) in [6.45, 7) is 8.02. The molecule has 0 unspecified atom stereocenters. The summed E-state index contributed by atoms with van der Waals surface area (Å²) in [5.41, 5.74) is 7.96. The minimum absolute atomic E-state index is 0.00258. The molecule has 0 heterocycles. The number of carbonyl (C=O) groups excluding carboxylic acids is 1. The van der Waals surface area contributed by atoms with Crippen LogP contribution in [-0.2, 0) is 17.9 Å². The van der Waals surface area contributed by atoms with E-state index in [-0.39, 0.29) is 5.91 Å². The summed E-state index contributed by atoms with van der Waals surface area (Å²) in [5.74, 6) is -0.00258. The minimum atomic E-state index is -0.636. The van der Waals surface area contributed by atoms with E-state index in [0.29, 0.717) is 6.54 Å². The fourth-order valence-electron chi connectivity index (χ4n) is 3.06. The van der Waals surface area contributed by atoms with Crippen molar-refractivity contribution in [2.45, 2.75) is 58.2 Å². The monoisotopic (exact) mass is 303 g/mol. The maximum Gasteiger partial charge on any atom is 0.240 e. The summed E-state index contributed by atoms with van der Waals surface area (Å²) in [4.78, 5) is 14.6. The zero-order valence-corrected chi connectivity index (χ0v) is 13.9. The van der Waals surface area contributed by atoms with Crippen molar-refractivity contribution in [1.82, 2.24) is 10.2 Å². The highest BCUT2D eigenvalue weighted by Crippen LogP contribution is 2.27. The Morgan fingerprint density at radius 3 is 2.23 bits per heavy atom. The van der Waals surface area contributed by atoms with Gasteiger partial charge in [0.05, 0.1) is 5.54 Å². The number of hydrogen-bond acceptors (Lipinski definition) is 3. The third-order valence-corrected chi connectivity index (χ3v) is 4.72. The third-order valence-electron chi connectivity index (χ3n) is 4.72. The van der Waals surface area contributed by atoms with Gasteiger partial charge in [0.15, 0.2) is 0 Å². The molecule has 0 saturated heterocycles. The molecule has 0 radical (unpaired) electrons. The first-order valence-electron chi connectivity index (χ1n) is 8.44. The van der Waals surface area contributed by atoms with Crippen molar-refractivity contribution in [2.75, 3.05) is 13.1 Å². The number of nitrogens with two attached hydrogens (primary N) is 1. The number of rotatable bonds is 7. The lowest BCUT2D eigenvalue weighted by Crippen LogP contribution is -2.51. The molecule has 3 N–H and O–H groups in total. The second-order valence-electron chi connectivity index (χ2n) is 6.32. The smallest absolute Gasteiger partial charge is 0.240 e. The summed E-state index contributed by atoms with van der Waals surface area (Å²) in [7, 11) is 0. The molecule has 1 saturated carbocycles. The van der Waals surface area contributed by atoms with E-state index in [1.54, 1.807) is 0 Å². The van der Waals surface area contributed by atoms with Crippen molar-refractivity contribution in [3.8, 4) is 0 Å². The van der Waals surface area contributed by atoms with Crippen molar-refractivity contribution in [2.24, 2.45) is 5.73 Å². The van der Waals surface area contributed by atoms with E-state index in [9.17, 15) is 4.79 Å². The normalized spacial score (nSPS) is 16.9. The van der Waals surface area contributed by atoms with Crippen LogP contribution >= 0.6 is 0 Å². The van der Waals surface area contributed by atoms with Gasteiger partial charge in [-0.2, -0.15) is 0 Å². The Labute approximate surface area is 134 Å². The molecular formula is C18H29N3O. The van der Waals surface area contributed by atoms with Gasteiger partial charge in [-0.25, -0.2) is 0 Å². The summed E-state index contributed by atoms with van der Waals surface area (Å²) in [6.07, 6.45) is 3.73. The van der Waals surface area contributed by atoms with Crippen LogP contribution < -0.4 is 11.1 Å². The predicted octanol–water partition coefficient (Wildman–Crippen LogP) is 2.42. The zero-order valence-electron chi connectivity index (χ0n) is 13.9. The Hall–Kier alpha value is -1.39. The van der Waals surface area contributed by atoms with E-state index in [1.807, 2.05) is 0 Å². The lowest BCUT2D eigenvalue weighted by molar-refractivity contribution is -0.126. The van der Waals surface area contributed by atoms with Gasteiger partial charge in [0.2, 0.25) is 5.91 Å². The van der Waals surface area contributed by atoms with Gasteiger partial charge in [-0.05, 0) is 37.1 Å². The van der Waals surface area contributed by atoms with Crippen LogP contribution in [0.5, 0.6) is 0 Å². The number of nitrogens with one attached hydrogen (secondary N) is 1. The van der Waals surface area contributed by atoms with E-state index in [0.717, 1.165) is 50.9 Å². The Bertz CT molecular complexity index is 474. The summed E-state index contributed by atoms with van der Waals surface area (Å²) < 4.78 is 0. The number of amides is 1. The molecule has 0 spiro atoms. The van der Waals surface area contributed by atoms with Crippen LogP contribution in [0.25, 0.3) is 0 Å². The molecule has 4 heteroatoms. The van der Waals surface area contributed by atoms with Crippen molar-refractivity contribution in [1.29, 1.82) is 0 Å². The van der Waals surface area contributed by atoms with Gasteiger partial charge >= 0.3 is 0 Å². The average molecular weight is 303 g/mol. The minimum Gasteiger partial charge on any atom is -0.350 e. The molecule has 0 aromatic heterocycles. The molecule has 1 aromatic rings. The highest BCUT2D eigenvalue weighted by atomic mass is 16.2. The van der Waals surface area contributed by atoms with Crippen molar-refractivity contribution < 1.29 is 4.79 Å². The Kier molecular flexibility index (Phi) is 5.98. The maximum absolute atomic E-state index is 12.2. The van der Waals surface area contributed by atoms with Crippen LogP contribution in [0.1, 0.15) is 50.7 Å². The van der Waals surface area contributed by atoms with E-state index in [4.69, 9.17) is 5.73 Å². The number of hydrogen-bond donors (Lipinski definition) is 2. The van der Waals surface area contributed by atoms with E-state index >= 15 is 0 Å². The van der Waals surface area contributed by atoms with Gasteiger partial charge < -0.3 is 11.1 Å². The molecule has 0 bridgehead atoms. The highest BCUT2D eigenvalue weighted by Gasteiger charge is 2.36. The van der Waals surface area contributed by atoms with Crippen LogP contribution in [0, 0.1) is 0 Å². The van der Waals surface area contributed by atoms with Gasteiger partial charge in [-0.3, -0.25) is 9.69 Å². The molecule has 1 aliphatic rings. The highest BCUT2D eigenvalue weighted by molar-refractivity contribution is 5.86. The van der Waals surface area contributed by atoms with Crippen molar-refractivity contribution in [3.05, 3.63) is 35.4 Å². The molecule has 2 rings (SSSR count). The number of nitrogens with zero attached hydrogens (tertiary/aromatic N) is 1. The molecule has 1 fully saturated rings. The topological polar surface area (TPSA) is 58.4 Å². The Balaban J connectivity index is 1.85. The van der Waals surface area contributed by atoms with Crippen LogP contribution in [0.3, 0.4) is 0 Å². The molecular weight excluding hydrogens is 274 g/mol. The molecule has 4 nitrogen and oxygen atoms in total. The van der Waals surface area contributed by atoms with Gasteiger partial charge in [0, 0.05) is 13.1 Å². The van der Waals surface area contributed by atoms with Gasteiger partial charge in [-0.1, -0.05) is 51.0 Å². The zero-order chi connectivity index (χ0) is 16.0. The largest absolute Gasteiger partial charge is 0.350 e. The quantitative estimate of drug-likeness (QED) is 0.813. The first-order chi connectivity index (χ1) is 10.6. The second-order valence-corrected chi connectivity index (χ2v) is 6.32. The van der Waals surface area contributed by atoms with Crippen molar-refractivity contribution >= 4 is 5.91 Å². The molecule has 1 amide bonds. The Morgan fingerprint density at radius 1 is 1.14 bits per heavy atom. The van der Waals surface area contributed by atoms with Crippen LogP contribution in [0.15, 0.2) is 24.3 Å². The van der Waals surface area contributed by atoms with Crippen LogP contribution in [0.4, 0.5) is 0 Å². The molecule has 0 aliphatic heterocycles. The first-order valence-corrected chi connectivity index (χ1v) is 8.44. The molecule has 1 aromatic carbocycles. The number of carbonyl (C=O) groups is 1. The van der Waals surface area contributed by atoms with Crippen LogP contribution in [-0.4, -0.2) is 29.4 Å². The van der Waals surface area contributed by atoms with E-state index in [2.05, 4.69) is 48.3 Å². The standard InChI is InChI=1S/C18H29N3O/c1-3-21(4-2)14-16-9-7-15(8-10-16)13-20-17(22)18(19)11-5-6-12-18/h7-10H,3-6,11-14,19H2,1-2H3,(H,20,22). The van der Waals surface area contributed by atoms with E-state index in [1.165, 1.54) is 5.56 Å². The fraction of sp³-hybridized carbons (Fsp3) is 0.611. The van der Waals surface area contributed by atoms with Gasteiger partial charge in [-0.15, -0.1) is 0 Å². The van der Waals surface area contributed by atoms with Crippen molar-refractivity contribution in [3.63, 3.8) is 0 Å². The SMILES string of the molecule is CCN(CC)Cc1ccc(CNC(=O)C2(N)CCCC2)cc1. The van der Waals surface area contributed by atoms with Gasteiger partial charge in [0.1, 0.15) is 0 Å². The first kappa shape index (κ1) is 17.0. The summed E-state index contributed by atoms with van der Waals surface area (Å²) >= 11 is 0. The predicted molar refractivity (Wildman–Crippen MR) is 90.3 cm³/mol. The number of benzene rings is 1. The lowest BCUT2D eigenvalue weighted by atomic mass is 9.98. The summed E-state index contributed by atoms with van der Waals surface area (Å²) in [5, 5.41) is 2.99. The van der Waals surface area contributed by atoms with Gasteiger partial charge in [0.25, 0.3) is 0 Å². The molecule has 0 atom stereocenters. The Morgan fingerprint density at radius 2 is 1.68 bits per heavy atom. The summed E-state index contributed by atoms with van der Waals surface area (Å²) in [6, 6.07) is 8.48. The van der Waals surface area contributed by atoms with E-state index < -0.39 is 5.54 Å². The molecule has 122 valence electrons. The maximum atomic E-state index is 12.2. The second kappa shape index (κ2) is 7.75. The fourth-order valence-corrected chi connectivity index (χ4v) is 3.06.